The average Bonchev–Trinajstić information content (AvgIpc) is 3.05. The topological polar surface area (TPSA) is 43.6 Å². The molecule has 0 aliphatic rings. The smallest absolute Gasteiger partial charge is 0.274 e. The third-order valence-corrected chi connectivity index (χ3v) is 5.43. The van der Waals surface area contributed by atoms with Crippen molar-refractivity contribution < 1.29 is 4.74 Å². The summed E-state index contributed by atoms with van der Waals surface area (Å²) in [5, 5.41) is 0. The van der Waals surface area contributed by atoms with Crippen LogP contribution in [0.1, 0.15) is 5.56 Å². The van der Waals surface area contributed by atoms with Gasteiger partial charge in [0.1, 0.15) is 5.75 Å². The molecule has 0 aliphatic heterocycles. The molecule has 0 saturated carbocycles. The third-order valence-electron chi connectivity index (χ3n) is 3.62. The number of thiazole rings is 1. The molecule has 114 valence electrons. The Balaban J connectivity index is 1.94. The van der Waals surface area contributed by atoms with Gasteiger partial charge < -0.3 is 4.74 Å². The van der Waals surface area contributed by atoms with Gasteiger partial charge in [0.25, 0.3) is 5.56 Å². The molecule has 0 fully saturated rings. The first-order chi connectivity index (χ1) is 11.2. The van der Waals surface area contributed by atoms with Crippen molar-refractivity contribution >= 4 is 56.0 Å². The number of nitrogens with zero attached hydrogens (tertiary/aromatic N) is 2. The highest BCUT2D eigenvalue weighted by Gasteiger charge is 2.10. The maximum absolute atomic E-state index is 12.7. The first-order valence-electron chi connectivity index (χ1n) is 6.92. The molecule has 4 rings (SSSR count). The Hall–Kier alpha value is -1.93. The summed E-state index contributed by atoms with van der Waals surface area (Å²) < 4.78 is 8.64. The standard InChI is InChI=1S/C17H11IN2O2S/c1-22-14-7-6-10(8-11(14)18)9-15-16(21)20-13-5-3-2-4-12(13)19-17(20)23-15/h2-9H,1H3/b15-9+. The lowest BCUT2D eigenvalue weighted by Gasteiger charge is -2.02. The van der Waals surface area contributed by atoms with Crippen LogP contribution < -0.4 is 14.8 Å². The molecule has 0 aliphatic carbocycles. The van der Waals surface area contributed by atoms with Crippen molar-refractivity contribution in [3.63, 3.8) is 0 Å². The van der Waals surface area contributed by atoms with Gasteiger partial charge in [-0.25, -0.2) is 9.38 Å². The number of aromatic nitrogens is 2. The minimum atomic E-state index is -0.0236. The first kappa shape index (κ1) is 14.6. The molecule has 23 heavy (non-hydrogen) atoms. The van der Waals surface area contributed by atoms with Gasteiger partial charge in [0, 0.05) is 0 Å². The molecule has 0 bridgehead atoms. The van der Waals surface area contributed by atoms with Gasteiger partial charge >= 0.3 is 0 Å². The van der Waals surface area contributed by atoms with E-state index in [0.717, 1.165) is 30.9 Å². The summed E-state index contributed by atoms with van der Waals surface area (Å²) in [5.74, 6) is 0.831. The maximum atomic E-state index is 12.7. The molecule has 0 amide bonds. The van der Waals surface area contributed by atoms with Gasteiger partial charge in [0.15, 0.2) is 4.96 Å². The van der Waals surface area contributed by atoms with E-state index in [1.165, 1.54) is 11.3 Å². The van der Waals surface area contributed by atoms with Gasteiger partial charge in [0.2, 0.25) is 0 Å². The molecule has 4 nitrogen and oxygen atoms in total. The van der Waals surface area contributed by atoms with Gasteiger partial charge in [-0.1, -0.05) is 29.5 Å². The van der Waals surface area contributed by atoms with Crippen molar-refractivity contribution in [1.82, 2.24) is 9.38 Å². The minimum absolute atomic E-state index is 0.0236. The predicted octanol–water partition coefficient (Wildman–Crippen LogP) is 3.07. The van der Waals surface area contributed by atoms with Crippen LogP contribution in [0.3, 0.4) is 0 Å². The number of rotatable bonds is 2. The van der Waals surface area contributed by atoms with Crippen LogP contribution in [-0.4, -0.2) is 16.5 Å². The van der Waals surface area contributed by atoms with Crippen molar-refractivity contribution in [2.24, 2.45) is 0 Å². The Bertz CT molecular complexity index is 1150. The molecule has 0 N–H and O–H groups in total. The Morgan fingerprint density at radius 2 is 2.09 bits per heavy atom. The number of benzene rings is 2. The number of imidazole rings is 1. The van der Waals surface area contributed by atoms with E-state index >= 15 is 0 Å². The fraction of sp³-hybridized carbons (Fsp3) is 0.0588. The number of hydrogen-bond donors (Lipinski definition) is 0. The molecule has 2 aromatic heterocycles. The van der Waals surface area contributed by atoms with Crippen LogP contribution >= 0.6 is 33.9 Å². The van der Waals surface area contributed by atoms with Crippen LogP contribution in [0.25, 0.3) is 22.1 Å². The van der Waals surface area contributed by atoms with E-state index in [0.29, 0.717) is 4.53 Å². The monoisotopic (exact) mass is 434 g/mol. The van der Waals surface area contributed by atoms with Crippen LogP contribution in [0.15, 0.2) is 47.3 Å². The first-order valence-corrected chi connectivity index (χ1v) is 8.82. The molecular formula is C17H11IN2O2S. The molecule has 0 saturated heterocycles. The third kappa shape index (κ3) is 2.42. The molecular weight excluding hydrogens is 423 g/mol. The van der Waals surface area contributed by atoms with Gasteiger partial charge in [0.05, 0.1) is 26.2 Å². The van der Waals surface area contributed by atoms with Crippen LogP contribution in [0, 0.1) is 3.57 Å². The van der Waals surface area contributed by atoms with Crippen LogP contribution in [0.2, 0.25) is 0 Å². The van der Waals surface area contributed by atoms with E-state index in [1.54, 1.807) is 11.5 Å². The summed E-state index contributed by atoms with van der Waals surface area (Å²) in [4.78, 5) is 17.9. The SMILES string of the molecule is COc1ccc(/C=c2/sc3nc4ccccc4n3c2=O)cc1I. The van der Waals surface area contributed by atoms with E-state index in [4.69, 9.17) is 4.74 Å². The second kappa shape index (κ2) is 5.61. The normalized spacial score (nSPS) is 12.3. The molecule has 0 unspecified atom stereocenters. The predicted molar refractivity (Wildman–Crippen MR) is 101 cm³/mol. The number of fused-ring (bicyclic) bond motifs is 3. The highest BCUT2D eigenvalue weighted by atomic mass is 127. The molecule has 6 heteroatoms. The average molecular weight is 434 g/mol. The summed E-state index contributed by atoms with van der Waals surface area (Å²) >= 11 is 3.64. The van der Waals surface area contributed by atoms with Gasteiger partial charge in [-0.05, 0) is 58.5 Å². The Labute approximate surface area is 149 Å². The highest BCUT2D eigenvalue weighted by Crippen LogP contribution is 2.22. The van der Waals surface area contributed by atoms with Crippen LogP contribution in [-0.2, 0) is 0 Å². The number of ether oxygens (including phenoxy) is 1. The van der Waals surface area contributed by atoms with Crippen LogP contribution in [0.5, 0.6) is 5.75 Å². The molecule has 4 aromatic rings. The zero-order chi connectivity index (χ0) is 16.0. The van der Waals surface area contributed by atoms with E-state index in [9.17, 15) is 4.79 Å². The fourth-order valence-corrected chi connectivity index (χ4v) is 4.28. The summed E-state index contributed by atoms with van der Waals surface area (Å²) in [6, 6.07) is 13.5. The van der Waals surface area contributed by atoms with Crippen molar-refractivity contribution in [2.75, 3.05) is 7.11 Å². The molecule has 2 aromatic carbocycles. The molecule has 0 radical (unpaired) electrons. The van der Waals surface area contributed by atoms with Crippen molar-refractivity contribution in [1.29, 1.82) is 0 Å². The molecule has 2 heterocycles. The second-order valence-electron chi connectivity index (χ2n) is 5.03. The Morgan fingerprint density at radius 1 is 1.26 bits per heavy atom. The zero-order valence-corrected chi connectivity index (χ0v) is 15.1. The van der Waals surface area contributed by atoms with E-state index in [-0.39, 0.29) is 5.56 Å². The van der Waals surface area contributed by atoms with Crippen molar-refractivity contribution in [3.05, 3.63) is 66.5 Å². The maximum Gasteiger partial charge on any atom is 0.274 e. The van der Waals surface area contributed by atoms with Crippen molar-refractivity contribution in [3.8, 4) is 5.75 Å². The zero-order valence-electron chi connectivity index (χ0n) is 12.1. The van der Waals surface area contributed by atoms with Gasteiger partial charge in [-0.2, -0.15) is 0 Å². The fourth-order valence-electron chi connectivity index (χ4n) is 2.54. The molecule has 0 spiro atoms. The number of methoxy groups -OCH3 is 1. The largest absolute Gasteiger partial charge is 0.496 e. The van der Waals surface area contributed by atoms with E-state index in [1.807, 2.05) is 48.5 Å². The Morgan fingerprint density at radius 3 is 2.87 bits per heavy atom. The summed E-state index contributed by atoms with van der Waals surface area (Å²) in [6.45, 7) is 0. The quantitative estimate of drug-likeness (QED) is 0.456. The Kier molecular flexibility index (Phi) is 3.57. The summed E-state index contributed by atoms with van der Waals surface area (Å²) in [6.07, 6.45) is 1.90. The second-order valence-corrected chi connectivity index (χ2v) is 7.20. The summed E-state index contributed by atoms with van der Waals surface area (Å²) in [5.41, 5.74) is 2.65. The van der Waals surface area contributed by atoms with Crippen molar-refractivity contribution in [2.45, 2.75) is 0 Å². The number of halogens is 1. The summed E-state index contributed by atoms with van der Waals surface area (Å²) in [7, 11) is 1.65. The molecule has 0 atom stereocenters. The van der Waals surface area contributed by atoms with Crippen LogP contribution in [0.4, 0.5) is 0 Å². The van der Waals surface area contributed by atoms with E-state index < -0.39 is 0 Å². The lowest BCUT2D eigenvalue weighted by atomic mass is 10.2. The van der Waals surface area contributed by atoms with Gasteiger partial charge in [-0.3, -0.25) is 4.79 Å². The lowest BCUT2D eigenvalue weighted by molar-refractivity contribution is 0.412. The minimum Gasteiger partial charge on any atom is -0.496 e. The van der Waals surface area contributed by atoms with E-state index in [2.05, 4.69) is 27.6 Å². The lowest BCUT2D eigenvalue weighted by Crippen LogP contribution is -2.22. The van der Waals surface area contributed by atoms with Gasteiger partial charge in [-0.15, -0.1) is 0 Å². The highest BCUT2D eigenvalue weighted by molar-refractivity contribution is 14.1. The number of para-hydroxylation sites is 2. The number of hydrogen-bond acceptors (Lipinski definition) is 4.